The van der Waals surface area contributed by atoms with Crippen LogP contribution in [-0.2, 0) is 9.53 Å². The van der Waals surface area contributed by atoms with Gasteiger partial charge >= 0.3 is 5.97 Å². The Balaban J connectivity index is 2.78. The second-order valence-corrected chi connectivity index (χ2v) is 4.47. The summed E-state index contributed by atoms with van der Waals surface area (Å²) >= 11 is 4.90. The van der Waals surface area contributed by atoms with E-state index in [-0.39, 0.29) is 11.6 Å². The number of aromatic nitrogens is 1. The van der Waals surface area contributed by atoms with Crippen LogP contribution < -0.4 is 5.73 Å². The van der Waals surface area contributed by atoms with Crippen molar-refractivity contribution in [1.82, 2.24) is 4.98 Å². The molecule has 0 spiro atoms. The lowest BCUT2D eigenvalue weighted by atomic mass is 10.1. The molecule has 1 unspecified atom stereocenters. The first-order chi connectivity index (χ1) is 8.52. The predicted octanol–water partition coefficient (Wildman–Crippen LogP) is 1.96. The van der Waals surface area contributed by atoms with Crippen molar-refractivity contribution in [2.75, 3.05) is 6.61 Å². The molecule has 0 radical (unpaired) electrons. The number of carbonyl (C=O) groups excluding carboxylic acids is 1. The van der Waals surface area contributed by atoms with Gasteiger partial charge in [0.15, 0.2) is 0 Å². The summed E-state index contributed by atoms with van der Waals surface area (Å²) in [5, 5.41) is 0. The van der Waals surface area contributed by atoms with Crippen molar-refractivity contribution in [3.63, 3.8) is 0 Å². The zero-order chi connectivity index (χ0) is 13.5. The van der Waals surface area contributed by atoms with Gasteiger partial charge in [-0.15, -0.1) is 0 Å². The highest BCUT2D eigenvalue weighted by Crippen LogP contribution is 2.15. The number of hydrogen-bond donors (Lipinski definition) is 1. The van der Waals surface area contributed by atoms with Crippen molar-refractivity contribution >= 4 is 23.2 Å². The number of allylic oxidation sites excluding steroid dienone is 1. The maximum absolute atomic E-state index is 11.9. The number of carbonyl (C=O) groups is 1. The molecular formula is C13H16N2O2S. The fraction of sp³-hybridized carbons (Fsp3) is 0.308. The van der Waals surface area contributed by atoms with Crippen LogP contribution in [0.25, 0.3) is 0 Å². The number of ether oxygens (including phenoxy) is 1. The molecule has 0 fully saturated rings. The molecule has 18 heavy (non-hydrogen) atoms. The molecule has 1 rings (SSSR count). The Morgan fingerprint density at radius 3 is 2.78 bits per heavy atom. The highest BCUT2D eigenvalue weighted by atomic mass is 32.1. The Morgan fingerprint density at radius 2 is 2.28 bits per heavy atom. The molecule has 1 aromatic heterocycles. The molecule has 0 aromatic carbocycles. The van der Waals surface area contributed by atoms with Gasteiger partial charge in [0, 0.05) is 6.20 Å². The first kappa shape index (κ1) is 14.3. The number of pyridine rings is 1. The Hall–Kier alpha value is -1.75. The Labute approximate surface area is 112 Å². The molecule has 1 aromatic rings. The number of nitrogens with zero attached hydrogens (tertiary/aromatic N) is 1. The van der Waals surface area contributed by atoms with Crippen LogP contribution in [0.3, 0.4) is 0 Å². The minimum Gasteiger partial charge on any atom is -0.461 e. The molecule has 1 heterocycles. The van der Waals surface area contributed by atoms with Crippen molar-refractivity contribution in [2.24, 2.45) is 5.73 Å². The summed E-state index contributed by atoms with van der Waals surface area (Å²) < 4.78 is 5.11. The summed E-state index contributed by atoms with van der Waals surface area (Å²) in [5.41, 5.74) is 7.16. The third kappa shape index (κ3) is 4.25. The summed E-state index contributed by atoms with van der Waals surface area (Å²) in [5.74, 6) is -1.26. The highest BCUT2D eigenvalue weighted by molar-refractivity contribution is 7.80. The van der Waals surface area contributed by atoms with E-state index >= 15 is 0 Å². The zero-order valence-corrected chi connectivity index (χ0v) is 11.2. The summed E-state index contributed by atoms with van der Waals surface area (Å²) in [4.78, 5) is 16.1. The van der Waals surface area contributed by atoms with Crippen LogP contribution in [0.1, 0.15) is 25.5 Å². The molecule has 0 saturated carbocycles. The number of nitrogens with two attached hydrogens (primary N) is 1. The van der Waals surface area contributed by atoms with Gasteiger partial charge in [-0.2, -0.15) is 0 Å². The molecule has 0 aliphatic rings. The van der Waals surface area contributed by atoms with Gasteiger partial charge in [-0.1, -0.05) is 23.9 Å². The maximum atomic E-state index is 11.9. The Morgan fingerprint density at radius 1 is 1.56 bits per heavy atom. The topological polar surface area (TPSA) is 65.2 Å². The summed E-state index contributed by atoms with van der Waals surface area (Å²) in [6.45, 7) is 4.07. The molecule has 1 atom stereocenters. The molecule has 0 amide bonds. The van der Waals surface area contributed by atoms with Crippen molar-refractivity contribution in [1.29, 1.82) is 0 Å². The summed E-state index contributed by atoms with van der Waals surface area (Å²) in [7, 11) is 0. The minimum absolute atomic E-state index is 0.0656. The maximum Gasteiger partial charge on any atom is 0.322 e. The van der Waals surface area contributed by atoms with E-state index in [1.54, 1.807) is 24.4 Å². The number of thiocarbonyl (C=S) groups is 1. The number of hydrogen-bond acceptors (Lipinski definition) is 4. The molecule has 0 aliphatic carbocycles. The zero-order valence-electron chi connectivity index (χ0n) is 10.4. The van der Waals surface area contributed by atoms with Crippen LogP contribution in [0.2, 0.25) is 0 Å². The fourth-order valence-corrected chi connectivity index (χ4v) is 1.52. The molecule has 0 saturated heterocycles. The van der Waals surface area contributed by atoms with Crippen molar-refractivity contribution in [3.8, 4) is 0 Å². The van der Waals surface area contributed by atoms with Crippen LogP contribution in [-0.4, -0.2) is 22.5 Å². The third-order valence-corrected chi connectivity index (χ3v) is 2.46. The van der Waals surface area contributed by atoms with Crippen LogP contribution in [0.4, 0.5) is 0 Å². The monoisotopic (exact) mass is 264 g/mol. The SMILES string of the molecule is CC(C)=CCOC(=O)C(C(N)=S)c1ccccn1. The first-order valence-electron chi connectivity index (χ1n) is 5.52. The minimum atomic E-state index is -0.785. The van der Waals surface area contributed by atoms with Crippen LogP contribution in [0.15, 0.2) is 36.0 Å². The summed E-state index contributed by atoms with van der Waals surface area (Å²) in [6.07, 6.45) is 3.40. The predicted molar refractivity (Wildman–Crippen MR) is 74.2 cm³/mol. The van der Waals surface area contributed by atoms with Crippen LogP contribution in [0.5, 0.6) is 0 Å². The normalized spacial score (nSPS) is 11.4. The smallest absolute Gasteiger partial charge is 0.322 e. The van der Waals surface area contributed by atoms with E-state index < -0.39 is 11.9 Å². The van der Waals surface area contributed by atoms with Gasteiger partial charge in [-0.25, -0.2) is 0 Å². The van der Waals surface area contributed by atoms with E-state index in [9.17, 15) is 4.79 Å². The second kappa shape index (κ2) is 6.86. The van der Waals surface area contributed by atoms with Gasteiger partial charge in [0.2, 0.25) is 0 Å². The third-order valence-electron chi connectivity index (χ3n) is 2.22. The van der Waals surface area contributed by atoms with Gasteiger partial charge < -0.3 is 10.5 Å². The molecular weight excluding hydrogens is 248 g/mol. The number of esters is 1. The van der Waals surface area contributed by atoms with Gasteiger partial charge in [0.05, 0.1) is 10.7 Å². The van der Waals surface area contributed by atoms with Gasteiger partial charge in [-0.05, 0) is 32.1 Å². The molecule has 5 heteroatoms. The second-order valence-electron chi connectivity index (χ2n) is 4.00. The Kier molecular flexibility index (Phi) is 5.45. The molecule has 4 nitrogen and oxygen atoms in total. The van der Waals surface area contributed by atoms with E-state index in [2.05, 4.69) is 4.98 Å². The highest BCUT2D eigenvalue weighted by Gasteiger charge is 2.26. The Bertz CT molecular complexity index is 453. The lowest BCUT2D eigenvalue weighted by molar-refractivity contribution is -0.142. The standard InChI is InChI=1S/C13H16N2O2S/c1-9(2)6-8-17-13(16)11(12(14)18)10-5-3-4-7-15-10/h3-7,11H,8H2,1-2H3,(H2,14,18). The first-order valence-corrected chi connectivity index (χ1v) is 5.93. The van der Waals surface area contributed by atoms with Crippen LogP contribution in [0, 0.1) is 0 Å². The molecule has 0 bridgehead atoms. The van der Waals surface area contributed by atoms with E-state index in [0.717, 1.165) is 5.57 Å². The molecule has 96 valence electrons. The lowest BCUT2D eigenvalue weighted by Crippen LogP contribution is -2.29. The average molecular weight is 264 g/mol. The van der Waals surface area contributed by atoms with Crippen LogP contribution >= 0.6 is 12.2 Å². The van der Waals surface area contributed by atoms with E-state index in [1.165, 1.54) is 0 Å². The van der Waals surface area contributed by atoms with E-state index in [4.69, 9.17) is 22.7 Å². The largest absolute Gasteiger partial charge is 0.461 e. The van der Waals surface area contributed by atoms with Gasteiger partial charge in [-0.3, -0.25) is 9.78 Å². The molecule has 2 N–H and O–H groups in total. The van der Waals surface area contributed by atoms with Crippen molar-refractivity contribution < 1.29 is 9.53 Å². The lowest BCUT2D eigenvalue weighted by Gasteiger charge is -2.13. The quantitative estimate of drug-likeness (QED) is 0.500. The fourth-order valence-electron chi connectivity index (χ4n) is 1.30. The van der Waals surface area contributed by atoms with Gasteiger partial charge in [0.25, 0.3) is 0 Å². The summed E-state index contributed by atoms with van der Waals surface area (Å²) in [6, 6.07) is 5.23. The van der Waals surface area contributed by atoms with E-state index in [1.807, 2.05) is 19.9 Å². The number of rotatable bonds is 5. The van der Waals surface area contributed by atoms with Crippen molar-refractivity contribution in [2.45, 2.75) is 19.8 Å². The molecule has 0 aliphatic heterocycles. The average Bonchev–Trinajstić information content (AvgIpc) is 2.29. The van der Waals surface area contributed by atoms with E-state index in [0.29, 0.717) is 5.69 Å². The van der Waals surface area contributed by atoms with Crippen molar-refractivity contribution in [3.05, 3.63) is 41.7 Å². The van der Waals surface area contributed by atoms with Gasteiger partial charge in [0.1, 0.15) is 12.5 Å².